The number of carbonyl (C=O) groups excluding carboxylic acids is 1. The molecule has 2 aromatic rings. The molecule has 0 aliphatic carbocycles. The summed E-state index contributed by atoms with van der Waals surface area (Å²) in [6, 6.07) is 7.01. The first-order chi connectivity index (χ1) is 15.2. The Labute approximate surface area is 191 Å². The molecule has 1 aromatic carbocycles. The van der Waals surface area contributed by atoms with Gasteiger partial charge in [-0.05, 0) is 24.1 Å². The summed E-state index contributed by atoms with van der Waals surface area (Å²) < 4.78 is 39.6. The van der Waals surface area contributed by atoms with Crippen LogP contribution in [-0.2, 0) is 16.6 Å². The summed E-state index contributed by atoms with van der Waals surface area (Å²) in [6.07, 6.45) is 2.18. The van der Waals surface area contributed by atoms with E-state index in [4.69, 9.17) is 11.6 Å². The number of hydrogen-bond donors (Lipinski definition) is 1. The van der Waals surface area contributed by atoms with Gasteiger partial charge in [-0.2, -0.15) is 4.68 Å². The standard InChI is InChI=1S/C20H26ClFN6O3S/c1-32(30,31)24-19-5-7-28(23-19)20(29)26-10-8-25(9-11-26)13-15-2-3-17(21)18(12-15)27-6-4-16(22)14-27/h2-3,5,7,12,16H,4,6,8-11,13-14H2,1H3,(H,23,24)/t16-/m1/s1. The predicted octanol–water partition coefficient (Wildman–Crippen LogP) is 2.24. The van der Waals surface area contributed by atoms with Gasteiger partial charge in [0.15, 0.2) is 5.82 Å². The van der Waals surface area contributed by atoms with Crippen LogP contribution < -0.4 is 9.62 Å². The lowest BCUT2D eigenvalue weighted by Gasteiger charge is -2.34. The maximum absolute atomic E-state index is 13.6. The summed E-state index contributed by atoms with van der Waals surface area (Å²) in [5.74, 6) is 0.107. The molecule has 1 amide bonds. The van der Waals surface area contributed by atoms with Crippen LogP contribution in [0.15, 0.2) is 30.5 Å². The minimum atomic E-state index is -3.45. The largest absolute Gasteiger partial charge is 0.367 e. The highest BCUT2D eigenvalue weighted by molar-refractivity contribution is 7.92. The highest BCUT2D eigenvalue weighted by Gasteiger charge is 2.25. The first-order valence-electron chi connectivity index (χ1n) is 10.4. The van der Waals surface area contributed by atoms with Gasteiger partial charge in [-0.3, -0.25) is 9.62 Å². The van der Waals surface area contributed by atoms with Crippen molar-refractivity contribution in [1.82, 2.24) is 19.6 Å². The fourth-order valence-electron chi connectivity index (χ4n) is 4.01. The van der Waals surface area contributed by atoms with Gasteiger partial charge in [0.1, 0.15) is 6.17 Å². The summed E-state index contributed by atoms with van der Waals surface area (Å²) in [5.41, 5.74) is 1.96. The molecule has 1 aromatic heterocycles. The van der Waals surface area contributed by atoms with Gasteiger partial charge < -0.3 is 9.80 Å². The number of aromatic nitrogens is 2. The zero-order chi connectivity index (χ0) is 22.9. The van der Waals surface area contributed by atoms with Gasteiger partial charge in [-0.15, -0.1) is 5.10 Å². The molecule has 0 saturated carbocycles. The Kier molecular flexibility index (Phi) is 6.59. The minimum absolute atomic E-state index is 0.107. The van der Waals surface area contributed by atoms with Crippen LogP contribution in [0.25, 0.3) is 0 Å². The molecular formula is C20H26ClFN6O3S. The summed E-state index contributed by atoms with van der Waals surface area (Å²) in [7, 11) is -3.45. The van der Waals surface area contributed by atoms with Gasteiger partial charge in [-0.1, -0.05) is 17.7 Å². The van der Waals surface area contributed by atoms with Crippen molar-refractivity contribution in [2.24, 2.45) is 0 Å². The van der Waals surface area contributed by atoms with Crippen LogP contribution >= 0.6 is 11.6 Å². The van der Waals surface area contributed by atoms with E-state index in [1.807, 2.05) is 23.1 Å². The topological polar surface area (TPSA) is 90.8 Å². The Hall–Kier alpha value is -2.37. The maximum Gasteiger partial charge on any atom is 0.344 e. The Balaban J connectivity index is 1.33. The lowest BCUT2D eigenvalue weighted by molar-refractivity contribution is 0.134. The number of hydrogen-bond acceptors (Lipinski definition) is 6. The molecule has 0 spiro atoms. The van der Waals surface area contributed by atoms with Crippen LogP contribution in [0.1, 0.15) is 12.0 Å². The van der Waals surface area contributed by atoms with Gasteiger partial charge in [0.25, 0.3) is 0 Å². The van der Waals surface area contributed by atoms with Crippen LogP contribution in [0, 0.1) is 0 Å². The molecule has 0 radical (unpaired) electrons. The van der Waals surface area contributed by atoms with Crippen molar-refractivity contribution in [2.75, 3.05) is 55.1 Å². The number of amides is 1. The molecule has 0 bridgehead atoms. The average molecular weight is 485 g/mol. The fourth-order valence-corrected chi connectivity index (χ4v) is 4.74. The smallest absolute Gasteiger partial charge is 0.344 e. The van der Waals surface area contributed by atoms with E-state index in [1.54, 1.807) is 4.90 Å². The number of nitrogens with one attached hydrogen (secondary N) is 1. The molecule has 174 valence electrons. The number of sulfonamides is 1. The van der Waals surface area contributed by atoms with Gasteiger partial charge in [0.2, 0.25) is 10.0 Å². The highest BCUT2D eigenvalue weighted by Crippen LogP contribution is 2.31. The highest BCUT2D eigenvalue weighted by atomic mass is 35.5. The molecule has 1 N–H and O–H groups in total. The average Bonchev–Trinajstić information content (AvgIpc) is 3.37. The van der Waals surface area contributed by atoms with Gasteiger partial charge in [-0.25, -0.2) is 17.6 Å². The molecule has 2 fully saturated rings. The van der Waals surface area contributed by atoms with Gasteiger partial charge in [0.05, 0.1) is 17.0 Å². The molecule has 0 unspecified atom stereocenters. The van der Waals surface area contributed by atoms with Crippen LogP contribution in [0.3, 0.4) is 0 Å². The summed E-state index contributed by atoms with van der Waals surface area (Å²) in [6.45, 7) is 4.20. The molecule has 12 heteroatoms. The van der Waals surface area contributed by atoms with Crippen LogP contribution in [-0.4, -0.2) is 85.7 Å². The normalized spacial score (nSPS) is 20.0. The van der Waals surface area contributed by atoms with E-state index in [0.29, 0.717) is 57.3 Å². The Morgan fingerprint density at radius 2 is 1.97 bits per heavy atom. The first kappa shape index (κ1) is 22.8. The van der Waals surface area contributed by atoms with Crippen molar-refractivity contribution in [3.63, 3.8) is 0 Å². The number of nitrogens with zero attached hydrogens (tertiary/aromatic N) is 5. The number of anilines is 2. The number of carbonyl (C=O) groups is 1. The van der Waals surface area contributed by atoms with Crippen molar-refractivity contribution in [3.8, 4) is 0 Å². The monoisotopic (exact) mass is 484 g/mol. The van der Waals surface area contributed by atoms with Crippen LogP contribution in [0.4, 0.5) is 20.7 Å². The molecule has 2 saturated heterocycles. The molecule has 32 heavy (non-hydrogen) atoms. The number of benzene rings is 1. The maximum atomic E-state index is 13.6. The summed E-state index contributed by atoms with van der Waals surface area (Å²) in [5, 5.41) is 4.62. The van der Waals surface area contributed by atoms with E-state index in [2.05, 4.69) is 14.7 Å². The molecule has 2 aliphatic rings. The van der Waals surface area contributed by atoms with Crippen LogP contribution in [0.2, 0.25) is 5.02 Å². The second-order valence-electron chi connectivity index (χ2n) is 8.18. The Bertz CT molecular complexity index is 1090. The van der Waals surface area contributed by atoms with E-state index in [9.17, 15) is 17.6 Å². The molecule has 1 atom stereocenters. The second-order valence-corrected chi connectivity index (χ2v) is 10.3. The van der Waals surface area contributed by atoms with E-state index in [1.165, 1.54) is 12.3 Å². The number of piperazine rings is 1. The fraction of sp³-hybridized carbons (Fsp3) is 0.500. The number of halogens is 2. The van der Waals surface area contributed by atoms with Crippen molar-refractivity contribution in [1.29, 1.82) is 0 Å². The molecular weight excluding hydrogens is 459 g/mol. The zero-order valence-corrected chi connectivity index (χ0v) is 19.3. The third kappa shape index (κ3) is 5.51. The van der Waals surface area contributed by atoms with E-state index < -0.39 is 16.2 Å². The molecule has 4 rings (SSSR count). The third-order valence-electron chi connectivity index (χ3n) is 5.61. The van der Waals surface area contributed by atoms with Gasteiger partial charge in [0, 0.05) is 58.1 Å². The van der Waals surface area contributed by atoms with E-state index in [0.717, 1.165) is 22.2 Å². The lowest BCUT2D eigenvalue weighted by atomic mass is 10.1. The quantitative estimate of drug-likeness (QED) is 0.700. The van der Waals surface area contributed by atoms with Crippen molar-refractivity contribution in [3.05, 3.63) is 41.0 Å². The van der Waals surface area contributed by atoms with Crippen molar-refractivity contribution >= 4 is 39.2 Å². The van der Waals surface area contributed by atoms with E-state index >= 15 is 0 Å². The Morgan fingerprint density at radius 3 is 2.62 bits per heavy atom. The number of alkyl halides is 1. The van der Waals surface area contributed by atoms with E-state index in [-0.39, 0.29) is 11.8 Å². The molecule has 3 heterocycles. The van der Waals surface area contributed by atoms with Crippen molar-refractivity contribution < 1.29 is 17.6 Å². The zero-order valence-electron chi connectivity index (χ0n) is 17.7. The second kappa shape index (κ2) is 9.24. The number of rotatable bonds is 5. The predicted molar refractivity (Wildman–Crippen MR) is 122 cm³/mol. The Morgan fingerprint density at radius 1 is 1.22 bits per heavy atom. The first-order valence-corrected chi connectivity index (χ1v) is 12.7. The van der Waals surface area contributed by atoms with Gasteiger partial charge >= 0.3 is 6.03 Å². The SMILES string of the molecule is CS(=O)(=O)Nc1ccn(C(=O)N2CCN(Cc3ccc(Cl)c(N4CC[C@@H](F)C4)c3)CC2)n1. The lowest BCUT2D eigenvalue weighted by Crippen LogP contribution is -2.49. The summed E-state index contributed by atoms with van der Waals surface area (Å²) in [4.78, 5) is 18.6. The third-order valence-corrected chi connectivity index (χ3v) is 6.51. The minimum Gasteiger partial charge on any atom is -0.367 e. The summed E-state index contributed by atoms with van der Waals surface area (Å²) >= 11 is 6.35. The molecule has 9 nitrogen and oxygen atoms in total. The van der Waals surface area contributed by atoms with Crippen LogP contribution in [0.5, 0.6) is 0 Å². The van der Waals surface area contributed by atoms with Crippen molar-refractivity contribution in [2.45, 2.75) is 19.1 Å². The molecule has 2 aliphatic heterocycles.